The molecule has 0 aromatic heterocycles. The normalized spacial score (nSPS) is 16.3. The maximum absolute atomic E-state index is 13.9. The minimum atomic E-state index is -0.693. The Hall–Kier alpha value is -4.40. The van der Waals surface area contributed by atoms with E-state index in [0.29, 0.717) is 52.8 Å². The van der Waals surface area contributed by atoms with Gasteiger partial charge in [0.15, 0.2) is 23.0 Å². The van der Waals surface area contributed by atoms with Crippen LogP contribution in [0.25, 0.3) is 0 Å². The van der Waals surface area contributed by atoms with Crippen molar-refractivity contribution in [3.63, 3.8) is 0 Å². The SMILES string of the molecule is COc1ccc([C@H]2[C@@H](C(=O)NCCc3ccc(OC)c(OC)c3)c3cc(OC)c(OC)cc3C(=O)N2C)cc1. The Morgan fingerprint density at radius 1 is 0.795 bits per heavy atom. The van der Waals surface area contributed by atoms with Gasteiger partial charge in [-0.05, 0) is 59.5 Å². The van der Waals surface area contributed by atoms with Crippen LogP contribution < -0.4 is 29.0 Å². The summed E-state index contributed by atoms with van der Waals surface area (Å²) in [5.41, 5.74) is 2.79. The van der Waals surface area contributed by atoms with Crippen LogP contribution in [0, 0.1) is 0 Å². The highest BCUT2D eigenvalue weighted by Crippen LogP contribution is 2.45. The highest BCUT2D eigenvalue weighted by Gasteiger charge is 2.43. The second-order valence-corrected chi connectivity index (χ2v) is 9.14. The van der Waals surface area contributed by atoms with Crippen molar-refractivity contribution < 1.29 is 33.3 Å². The number of carbonyl (C=O) groups is 2. The van der Waals surface area contributed by atoms with Crippen molar-refractivity contribution in [1.82, 2.24) is 10.2 Å². The summed E-state index contributed by atoms with van der Waals surface area (Å²) in [6.45, 7) is 0.389. The van der Waals surface area contributed by atoms with E-state index in [9.17, 15) is 9.59 Å². The fourth-order valence-corrected chi connectivity index (χ4v) is 5.03. The molecule has 3 aromatic carbocycles. The third kappa shape index (κ3) is 5.43. The number of hydrogen-bond donors (Lipinski definition) is 1. The molecule has 2 amide bonds. The van der Waals surface area contributed by atoms with E-state index >= 15 is 0 Å². The number of benzene rings is 3. The van der Waals surface area contributed by atoms with Gasteiger partial charge in [-0.15, -0.1) is 0 Å². The molecule has 1 aliphatic rings. The first-order valence-electron chi connectivity index (χ1n) is 12.5. The fraction of sp³-hybridized carbons (Fsp3) is 0.333. The van der Waals surface area contributed by atoms with Crippen molar-refractivity contribution in [2.45, 2.75) is 18.4 Å². The molecular weight excluding hydrogens is 500 g/mol. The topological polar surface area (TPSA) is 95.6 Å². The molecule has 4 rings (SSSR count). The number of nitrogens with zero attached hydrogens (tertiary/aromatic N) is 1. The highest BCUT2D eigenvalue weighted by molar-refractivity contribution is 6.02. The van der Waals surface area contributed by atoms with Gasteiger partial charge >= 0.3 is 0 Å². The van der Waals surface area contributed by atoms with Crippen LogP contribution in [0.2, 0.25) is 0 Å². The average molecular weight is 535 g/mol. The number of amides is 2. The molecular formula is C30H34N2O7. The van der Waals surface area contributed by atoms with Crippen molar-refractivity contribution in [1.29, 1.82) is 0 Å². The van der Waals surface area contributed by atoms with Gasteiger partial charge in [0.2, 0.25) is 5.91 Å². The van der Waals surface area contributed by atoms with Crippen LogP contribution in [-0.4, -0.2) is 65.9 Å². The van der Waals surface area contributed by atoms with Crippen LogP contribution in [0.4, 0.5) is 0 Å². The molecule has 0 radical (unpaired) electrons. The molecule has 9 nitrogen and oxygen atoms in total. The van der Waals surface area contributed by atoms with E-state index in [-0.39, 0.29) is 11.8 Å². The Labute approximate surface area is 228 Å². The van der Waals surface area contributed by atoms with Crippen LogP contribution in [0.15, 0.2) is 54.6 Å². The molecule has 0 saturated heterocycles. The van der Waals surface area contributed by atoms with Crippen LogP contribution in [-0.2, 0) is 11.2 Å². The number of likely N-dealkylation sites (N-methyl/N-ethyl adjacent to an activating group) is 1. The predicted octanol–water partition coefficient (Wildman–Crippen LogP) is 4.00. The molecule has 1 N–H and O–H groups in total. The van der Waals surface area contributed by atoms with E-state index in [2.05, 4.69) is 5.32 Å². The van der Waals surface area contributed by atoms with E-state index in [1.54, 1.807) is 45.4 Å². The van der Waals surface area contributed by atoms with Gasteiger partial charge in [-0.2, -0.15) is 0 Å². The van der Waals surface area contributed by atoms with Crippen molar-refractivity contribution in [2.24, 2.45) is 0 Å². The zero-order valence-corrected chi connectivity index (χ0v) is 23.1. The zero-order valence-electron chi connectivity index (χ0n) is 23.1. The Balaban J connectivity index is 1.68. The molecule has 1 heterocycles. The summed E-state index contributed by atoms with van der Waals surface area (Å²) in [6, 6.07) is 15.9. The number of hydrogen-bond acceptors (Lipinski definition) is 7. The largest absolute Gasteiger partial charge is 0.497 e. The predicted molar refractivity (Wildman–Crippen MR) is 146 cm³/mol. The lowest BCUT2D eigenvalue weighted by Crippen LogP contribution is -2.46. The lowest BCUT2D eigenvalue weighted by Gasteiger charge is -2.40. The Morgan fingerprint density at radius 2 is 1.41 bits per heavy atom. The summed E-state index contributed by atoms with van der Waals surface area (Å²) in [7, 11) is 9.52. The van der Waals surface area contributed by atoms with Gasteiger partial charge in [0.25, 0.3) is 5.91 Å². The van der Waals surface area contributed by atoms with Crippen LogP contribution >= 0.6 is 0 Å². The van der Waals surface area contributed by atoms with Crippen LogP contribution in [0.5, 0.6) is 28.7 Å². The third-order valence-corrected chi connectivity index (χ3v) is 7.08. The smallest absolute Gasteiger partial charge is 0.254 e. The number of nitrogens with one attached hydrogen (secondary N) is 1. The summed E-state index contributed by atoms with van der Waals surface area (Å²) in [5, 5.41) is 3.09. The molecule has 206 valence electrons. The molecule has 0 bridgehead atoms. The summed E-state index contributed by atoms with van der Waals surface area (Å²) in [5.74, 6) is 1.73. The Bertz CT molecular complexity index is 1340. The lowest BCUT2D eigenvalue weighted by atomic mass is 9.79. The second kappa shape index (κ2) is 12.0. The van der Waals surface area contributed by atoms with Gasteiger partial charge in [0, 0.05) is 19.2 Å². The number of carbonyl (C=O) groups excluding carboxylic acids is 2. The minimum Gasteiger partial charge on any atom is -0.497 e. The first kappa shape index (κ1) is 27.6. The molecule has 0 aliphatic carbocycles. The minimum absolute atomic E-state index is 0.205. The molecule has 3 aromatic rings. The van der Waals surface area contributed by atoms with Crippen molar-refractivity contribution in [3.8, 4) is 28.7 Å². The highest BCUT2D eigenvalue weighted by atomic mass is 16.5. The standard InChI is InChI=1S/C30H34N2O7/c1-32-28(19-8-10-20(35-2)11-9-19)27(21-16-25(38-5)26(39-6)17-22(21)30(32)34)29(33)31-14-13-18-7-12-23(36-3)24(15-18)37-4/h7-12,15-17,27-28H,13-14H2,1-6H3,(H,31,33)/t27-,28-/m0/s1. The van der Waals surface area contributed by atoms with E-state index < -0.39 is 12.0 Å². The van der Waals surface area contributed by atoms with Crippen molar-refractivity contribution in [2.75, 3.05) is 49.1 Å². The van der Waals surface area contributed by atoms with Crippen molar-refractivity contribution in [3.05, 3.63) is 76.9 Å². The van der Waals surface area contributed by atoms with Gasteiger partial charge in [-0.1, -0.05) is 18.2 Å². The third-order valence-electron chi connectivity index (χ3n) is 7.08. The average Bonchev–Trinajstić information content (AvgIpc) is 2.97. The molecule has 0 unspecified atom stereocenters. The quantitative estimate of drug-likeness (QED) is 0.420. The summed E-state index contributed by atoms with van der Waals surface area (Å²) >= 11 is 0. The Morgan fingerprint density at radius 3 is 2.03 bits per heavy atom. The van der Waals surface area contributed by atoms with E-state index in [0.717, 1.165) is 11.1 Å². The molecule has 0 spiro atoms. The zero-order chi connectivity index (χ0) is 28.1. The van der Waals surface area contributed by atoms with E-state index in [1.807, 2.05) is 42.5 Å². The summed E-state index contributed by atoms with van der Waals surface area (Å²) in [6.07, 6.45) is 0.583. The molecule has 0 saturated carbocycles. The van der Waals surface area contributed by atoms with Gasteiger partial charge < -0.3 is 33.9 Å². The number of ether oxygens (including phenoxy) is 5. The fourth-order valence-electron chi connectivity index (χ4n) is 5.03. The second-order valence-electron chi connectivity index (χ2n) is 9.14. The molecule has 1 aliphatic heterocycles. The maximum atomic E-state index is 13.9. The molecule has 0 fully saturated rings. The molecule has 9 heteroatoms. The maximum Gasteiger partial charge on any atom is 0.254 e. The molecule has 39 heavy (non-hydrogen) atoms. The van der Waals surface area contributed by atoms with Gasteiger partial charge in [-0.3, -0.25) is 9.59 Å². The van der Waals surface area contributed by atoms with Crippen LogP contribution in [0.1, 0.15) is 39.0 Å². The van der Waals surface area contributed by atoms with Gasteiger partial charge in [0.05, 0.1) is 47.5 Å². The number of rotatable bonds is 10. The lowest BCUT2D eigenvalue weighted by molar-refractivity contribution is -0.124. The first-order valence-corrected chi connectivity index (χ1v) is 12.5. The summed E-state index contributed by atoms with van der Waals surface area (Å²) in [4.78, 5) is 29.0. The van der Waals surface area contributed by atoms with Crippen molar-refractivity contribution >= 4 is 11.8 Å². The molecule has 2 atom stereocenters. The monoisotopic (exact) mass is 534 g/mol. The van der Waals surface area contributed by atoms with Crippen LogP contribution in [0.3, 0.4) is 0 Å². The summed E-state index contributed by atoms with van der Waals surface area (Å²) < 4.78 is 27.0. The Kier molecular flexibility index (Phi) is 8.49. The van der Waals surface area contributed by atoms with E-state index in [1.165, 1.54) is 14.2 Å². The van der Waals surface area contributed by atoms with Gasteiger partial charge in [0.1, 0.15) is 5.75 Å². The number of methoxy groups -OCH3 is 5. The first-order chi connectivity index (χ1) is 18.9. The number of fused-ring (bicyclic) bond motifs is 1. The van der Waals surface area contributed by atoms with E-state index in [4.69, 9.17) is 23.7 Å². The van der Waals surface area contributed by atoms with Gasteiger partial charge in [-0.25, -0.2) is 0 Å².